The highest BCUT2D eigenvalue weighted by atomic mass is 32.2. The Hall–Kier alpha value is -1.05. The first-order valence-corrected chi connectivity index (χ1v) is 7.19. The van der Waals surface area contributed by atoms with E-state index in [1.54, 1.807) is 11.8 Å². The SMILES string of the molecule is C=CC(=O)O.CSCC[C@H](NCCN(C)C)C(=O)O. The van der Waals surface area contributed by atoms with Crippen molar-refractivity contribution in [2.45, 2.75) is 12.5 Å². The van der Waals surface area contributed by atoms with E-state index in [1.165, 1.54) is 0 Å². The molecule has 112 valence electrons. The van der Waals surface area contributed by atoms with E-state index < -0.39 is 18.0 Å². The van der Waals surface area contributed by atoms with Gasteiger partial charge in [-0.05, 0) is 32.5 Å². The van der Waals surface area contributed by atoms with Crippen molar-refractivity contribution in [3.05, 3.63) is 12.7 Å². The summed E-state index contributed by atoms with van der Waals surface area (Å²) in [6, 6.07) is -0.401. The number of aliphatic carboxylic acids is 2. The van der Waals surface area contributed by atoms with Gasteiger partial charge in [-0.2, -0.15) is 11.8 Å². The van der Waals surface area contributed by atoms with Crippen LogP contribution < -0.4 is 5.32 Å². The van der Waals surface area contributed by atoms with Crippen molar-refractivity contribution in [3.8, 4) is 0 Å². The summed E-state index contributed by atoms with van der Waals surface area (Å²) in [5.74, 6) is -0.853. The Balaban J connectivity index is 0. The molecule has 0 aliphatic rings. The zero-order valence-corrected chi connectivity index (χ0v) is 12.6. The molecule has 0 aliphatic carbocycles. The van der Waals surface area contributed by atoms with Gasteiger partial charge in [0.15, 0.2) is 0 Å². The first kappa shape index (κ1) is 20.3. The van der Waals surface area contributed by atoms with Crippen LogP contribution >= 0.6 is 11.8 Å². The third-order valence-electron chi connectivity index (χ3n) is 2.03. The van der Waals surface area contributed by atoms with Gasteiger partial charge >= 0.3 is 11.9 Å². The molecule has 0 aromatic rings. The lowest BCUT2D eigenvalue weighted by Crippen LogP contribution is -2.40. The van der Waals surface area contributed by atoms with Gasteiger partial charge in [0, 0.05) is 19.2 Å². The number of likely N-dealkylation sites (N-methyl/N-ethyl adjacent to an activating group) is 1. The van der Waals surface area contributed by atoms with E-state index in [1.807, 2.05) is 25.3 Å². The van der Waals surface area contributed by atoms with Gasteiger partial charge in [-0.25, -0.2) is 4.79 Å². The van der Waals surface area contributed by atoms with Gasteiger partial charge in [0.05, 0.1) is 0 Å². The molecule has 0 aromatic heterocycles. The summed E-state index contributed by atoms with van der Waals surface area (Å²) in [5, 5.41) is 19.5. The molecular formula is C12H24N2O4S. The van der Waals surface area contributed by atoms with Crippen LogP contribution in [0.15, 0.2) is 12.7 Å². The third kappa shape index (κ3) is 16.9. The van der Waals surface area contributed by atoms with E-state index in [0.29, 0.717) is 6.42 Å². The molecule has 0 bridgehead atoms. The summed E-state index contributed by atoms with van der Waals surface area (Å²) in [7, 11) is 3.94. The fourth-order valence-electron chi connectivity index (χ4n) is 1.01. The molecule has 0 heterocycles. The quantitative estimate of drug-likeness (QED) is 0.536. The van der Waals surface area contributed by atoms with Crippen LogP contribution in [0.4, 0.5) is 0 Å². The molecule has 0 radical (unpaired) electrons. The Morgan fingerprint density at radius 1 is 1.42 bits per heavy atom. The Kier molecular flexibility index (Phi) is 14.3. The molecular weight excluding hydrogens is 268 g/mol. The lowest BCUT2D eigenvalue weighted by molar-refractivity contribution is -0.139. The highest BCUT2D eigenvalue weighted by Crippen LogP contribution is 2.00. The summed E-state index contributed by atoms with van der Waals surface area (Å²) >= 11 is 1.67. The molecule has 0 saturated heterocycles. The molecule has 3 N–H and O–H groups in total. The van der Waals surface area contributed by atoms with Crippen molar-refractivity contribution < 1.29 is 19.8 Å². The van der Waals surface area contributed by atoms with Gasteiger partial charge in [0.25, 0.3) is 0 Å². The average Bonchev–Trinajstić information content (AvgIpc) is 2.33. The van der Waals surface area contributed by atoms with Crippen molar-refractivity contribution in [1.82, 2.24) is 10.2 Å². The standard InChI is InChI=1S/C9H20N2O2S.C3H4O2/c1-11(2)6-5-10-8(9(12)13)4-7-14-3;1-2-3(4)5/h8,10H,4-7H2,1-3H3,(H,12,13);2H,1H2,(H,4,5)/t8-;/m0./s1. The smallest absolute Gasteiger partial charge is 0.327 e. The number of rotatable bonds is 9. The van der Waals surface area contributed by atoms with Crippen LogP contribution in [0.5, 0.6) is 0 Å². The first-order chi connectivity index (χ1) is 8.84. The number of carbonyl (C=O) groups is 2. The van der Waals surface area contributed by atoms with Crippen LogP contribution in [0.2, 0.25) is 0 Å². The summed E-state index contributed by atoms with van der Waals surface area (Å²) in [4.78, 5) is 22.1. The largest absolute Gasteiger partial charge is 0.480 e. The highest BCUT2D eigenvalue weighted by Gasteiger charge is 2.15. The van der Waals surface area contributed by atoms with Crippen LogP contribution in [-0.2, 0) is 9.59 Å². The zero-order valence-electron chi connectivity index (χ0n) is 11.8. The Bertz CT molecular complexity index is 272. The molecule has 7 heteroatoms. The predicted octanol–water partition coefficient (Wildman–Crippen LogP) is 0.601. The molecule has 1 atom stereocenters. The summed E-state index contributed by atoms with van der Waals surface area (Å²) in [6.45, 7) is 4.55. The van der Waals surface area contributed by atoms with Crippen molar-refractivity contribution >= 4 is 23.7 Å². The minimum atomic E-state index is -0.981. The monoisotopic (exact) mass is 292 g/mol. The number of hydrogen-bond acceptors (Lipinski definition) is 5. The van der Waals surface area contributed by atoms with Crippen LogP contribution in [0.3, 0.4) is 0 Å². The second-order valence-corrected chi connectivity index (χ2v) is 4.96. The van der Waals surface area contributed by atoms with Crippen LogP contribution in [0.25, 0.3) is 0 Å². The fourth-order valence-corrected chi connectivity index (χ4v) is 1.48. The van der Waals surface area contributed by atoms with E-state index in [4.69, 9.17) is 10.2 Å². The van der Waals surface area contributed by atoms with Crippen molar-refractivity contribution in [3.63, 3.8) is 0 Å². The maximum Gasteiger partial charge on any atom is 0.327 e. The molecule has 19 heavy (non-hydrogen) atoms. The predicted molar refractivity (Wildman–Crippen MR) is 78.8 cm³/mol. The molecule has 0 spiro atoms. The van der Waals surface area contributed by atoms with Gasteiger partial charge in [-0.1, -0.05) is 6.58 Å². The summed E-state index contributed by atoms with van der Waals surface area (Å²) in [5.41, 5.74) is 0. The molecule has 0 aromatic carbocycles. The van der Waals surface area contributed by atoms with Crippen molar-refractivity contribution in [1.29, 1.82) is 0 Å². The Labute approximate surface area is 118 Å². The number of nitrogens with zero attached hydrogens (tertiary/aromatic N) is 1. The lowest BCUT2D eigenvalue weighted by Gasteiger charge is -2.15. The molecule has 0 saturated carbocycles. The molecule has 0 amide bonds. The molecule has 0 fully saturated rings. The van der Waals surface area contributed by atoms with E-state index in [0.717, 1.165) is 24.9 Å². The second kappa shape index (κ2) is 13.4. The number of carboxylic acid groups (broad SMARTS) is 2. The normalized spacial score (nSPS) is 11.4. The minimum absolute atomic E-state index is 0.401. The highest BCUT2D eigenvalue weighted by molar-refractivity contribution is 7.98. The Morgan fingerprint density at radius 3 is 2.26 bits per heavy atom. The molecule has 0 aliphatic heterocycles. The van der Waals surface area contributed by atoms with Crippen LogP contribution in [-0.4, -0.2) is 72.3 Å². The Morgan fingerprint density at radius 2 is 1.95 bits per heavy atom. The summed E-state index contributed by atoms with van der Waals surface area (Å²) < 4.78 is 0. The van der Waals surface area contributed by atoms with Crippen molar-refractivity contribution in [2.24, 2.45) is 0 Å². The van der Waals surface area contributed by atoms with Crippen LogP contribution in [0, 0.1) is 0 Å². The molecule has 0 rings (SSSR count). The summed E-state index contributed by atoms with van der Waals surface area (Å²) in [6.07, 6.45) is 3.50. The van der Waals surface area contributed by atoms with E-state index in [9.17, 15) is 9.59 Å². The van der Waals surface area contributed by atoms with Crippen LogP contribution in [0.1, 0.15) is 6.42 Å². The second-order valence-electron chi connectivity index (χ2n) is 3.97. The number of carboxylic acids is 2. The van der Waals surface area contributed by atoms with Gasteiger partial charge in [0.1, 0.15) is 6.04 Å². The lowest BCUT2D eigenvalue weighted by atomic mass is 10.2. The topological polar surface area (TPSA) is 89.9 Å². The number of nitrogens with one attached hydrogen (secondary N) is 1. The van der Waals surface area contributed by atoms with E-state index in [-0.39, 0.29) is 0 Å². The van der Waals surface area contributed by atoms with Gasteiger partial charge < -0.3 is 20.4 Å². The average molecular weight is 292 g/mol. The molecule has 0 unspecified atom stereocenters. The zero-order chi connectivity index (χ0) is 15.3. The first-order valence-electron chi connectivity index (χ1n) is 5.80. The maximum atomic E-state index is 10.8. The van der Waals surface area contributed by atoms with E-state index >= 15 is 0 Å². The van der Waals surface area contributed by atoms with Gasteiger partial charge in [0.2, 0.25) is 0 Å². The molecule has 6 nitrogen and oxygen atoms in total. The minimum Gasteiger partial charge on any atom is -0.480 e. The number of thioether (sulfide) groups is 1. The van der Waals surface area contributed by atoms with E-state index in [2.05, 4.69) is 11.9 Å². The van der Waals surface area contributed by atoms with Crippen molar-refractivity contribution in [2.75, 3.05) is 39.2 Å². The fraction of sp³-hybridized carbons (Fsp3) is 0.667. The number of hydrogen-bond donors (Lipinski definition) is 3. The van der Waals surface area contributed by atoms with Gasteiger partial charge in [-0.3, -0.25) is 4.79 Å². The maximum absolute atomic E-state index is 10.8. The van der Waals surface area contributed by atoms with Gasteiger partial charge in [-0.15, -0.1) is 0 Å². The third-order valence-corrected chi connectivity index (χ3v) is 2.68.